The molecule has 1 unspecified atom stereocenters. The van der Waals surface area contributed by atoms with Crippen molar-refractivity contribution in [2.75, 3.05) is 18.1 Å². The van der Waals surface area contributed by atoms with E-state index in [1.54, 1.807) is 24.0 Å². The van der Waals surface area contributed by atoms with E-state index in [-0.39, 0.29) is 5.91 Å². The summed E-state index contributed by atoms with van der Waals surface area (Å²) in [5.74, 6) is 1.06. The summed E-state index contributed by atoms with van der Waals surface area (Å²) < 4.78 is 0. The van der Waals surface area contributed by atoms with Crippen LogP contribution in [-0.2, 0) is 11.2 Å². The van der Waals surface area contributed by atoms with E-state index in [2.05, 4.69) is 10.3 Å². The van der Waals surface area contributed by atoms with Crippen LogP contribution in [0.1, 0.15) is 12.0 Å². The van der Waals surface area contributed by atoms with Crippen molar-refractivity contribution in [2.45, 2.75) is 18.4 Å². The lowest BCUT2D eigenvalue weighted by Gasteiger charge is -2.20. The Morgan fingerprint density at radius 1 is 1.61 bits per heavy atom. The zero-order valence-electron chi connectivity index (χ0n) is 9.86. The fourth-order valence-corrected chi connectivity index (χ4v) is 3.12. The third-order valence-corrected chi connectivity index (χ3v) is 4.31. The second kappa shape index (κ2) is 5.91. The topological polar surface area (TPSA) is 62.2 Å². The maximum absolute atomic E-state index is 11.8. The number of hydrogen-bond acceptors (Lipinski definition) is 4. The molecule has 0 aromatic carbocycles. The van der Waals surface area contributed by atoms with Crippen LogP contribution in [0.3, 0.4) is 0 Å². The van der Waals surface area contributed by atoms with Crippen LogP contribution in [0.4, 0.5) is 0 Å². The number of pyridine rings is 1. The van der Waals surface area contributed by atoms with E-state index < -0.39 is 5.60 Å². The molecule has 0 radical (unpaired) electrons. The maximum Gasteiger partial charge on any atom is 0.252 e. The molecular weight excluding hydrogens is 272 g/mol. The molecule has 2 heterocycles. The highest BCUT2D eigenvalue weighted by atomic mass is 35.5. The second-order valence-corrected chi connectivity index (χ2v) is 5.82. The molecule has 1 aromatic heterocycles. The number of amides is 1. The SMILES string of the molecule is O=C(NCCc1ccc(Cl)nc1)C1(O)CCSC1. The van der Waals surface area contributed by atoms with Crippen molar-refractivity contribution in [3.8, 4) is 0 Å². The van der Waals surface area contributed by atoms with E-state index >= 15 is 0 Å². The molecule has 4 nitrogen and oxygen atoms in total. The Kier molecular flexibility index (Phi) is 4.48. The van der Waals surface area contributed by atoms with Crippen LogP contribution < -0.4 is 5.32 Å². The molecule has 18 heavy (non-hydrogen) atoms. The third-order valence-electron chi connectivity index (χ3n) is 2.91. The van der Waals surface area contributed by atoms with Gasteiger partial charge < -0.3 is 10.4 Å². The van der Waals surface area contributed by atoms with Gasteiger partial charge in [-0.05, 0) is 30.2 Å². The van der Waals surface area contributed by atoms with Crippen LogP contribution in [0.2, 0.25) is 5.15 Å². The van der Waals surface area contributed by atoms with E-state index in [0.717, 1.165) is 11.3 Å². The van der Waals surface area contributed by atoms with Crippen LogP contribution in [0.25, 0.3) is 0 Å². The van der Waals surface area contributed by atoms with Crippen LogP contribution in [0, 0.1) is 0 Å². The lowest BCUT2D eigenvalue weighted by Crippen LogP contribution is -2.47. The van der Waals surface area contributed by atoms with Crippen LogP contribution in [0.5, 0.6) is 0 Å². The molecule has 0 aliphatic carbocycles. The van der Waals surface area contributed by atoms with Gasteiger partial charge in [0.2, 0.25) is 0 Å². The predicted octanol–water partition coefficient (Wildman–Crippen LogP) is 1.26. The molecule has 1 aliphatic heterocycles. The smallest absolute Gasteiger partial charge is 0.252 e. The largest absolute Gasteiger partial charge is 0.379 e. The monoisotopic (exact) mass is 286 g/mol. The van der Waals surface area contributed by atoms with Crippen LogP contribution in [-0.4, -0.2) is 39.6 Å². The Labute approximate surface area is 115 Å². The molecule has 0 bridgehead atoms. The van der Waals surface area contributed by atoms with Gasteiger partial charge in [0.15, 0.2) is 5.60 Å². The maximum atomic E-state index is 11.8. The van der Waals surface area contributed by atoms with Gasteiger partial charge in [-0.3, -0.25) is 4.79 Å². The number of carbonyl (C=O) groups excluding carboxylic acids is 1. The second-order valence-electron chi connectivity index (χ2n) is 4.33. The zero-order chi connectivity index (χ0) is 13.0. The van der Waals surface area contributed by atoms with Crippen molar-refractivity contribution in [1.82, 2.24) is 10.3 Å². The first-order valence-electron chi connectivity index (χ1n) is 5.79. The third kappa shape index (κ3) is 3.37. The number of nitrogens with one attached hydrogen (secondary N) is 1. The molecule has 2 N–H and O–H groups in total. The lowest BCUT2D eigenvalue weighted by atomic mass is 10.0. The standard InChI is InChI=1S/C12H15ClN2O2S/c13-10-2-1-9(7-15-10)3-5-14-11(16)12(17)4-6-18-8-12/h1-2,7,17H,3-6,8H2,(H,14,16). The first-order valence-corrected chi connectivity index (χ1v) is 7.32. The van der Waals surface area contributed by atoms with E-state index in [1.165, 1.54) is 0 Å². The number of carbonyl (C=O) groups is 1. The summed E-state index contributed by atoms with van der Waals surface area (Å²) in [5.41, 5.74) is -0.171. The Balaban J connectivity index is 1.78. The minimum absolute atomic E-state index is 0.269. The van der Waals surface area contributed by atoms with Gasteiger partial charge in [0.1, 0.15) is 5.15 Å². The first kappa shape index (κ1) is 13.6. The average Bonchev–Trinajstić information content (AvgIpc) is 2.80. The molecule has 6 heteroatoms. The van der Waals surface area contributed by atoms with Crippen molar-refractivity contribution in [2.24, 2.45) is 0 Å². The normalized spacial score (nSPS) is 23.0. The molecule has 0 spiro atoms. The summed E-state index contributed by atoms with van der Waals surface area (Å²) in [7, 11) is 0. The number of aliphatic hydroxyl groups is 1. The summed E-state index contributed by atoms with van der Waals surface area (Å²) in [6.07, 6.45) is 2.90. The Hall–Kier alpha value is -0.780. The lowest BCUT2D eigenvalue weighted by molar-refractivity contribution is -0.137. The van der Waals surface area contributed by atoms with E-state index in [9.17, 15) is 9.90 Å². The molecule has 1 amide bonds. The quantitative estimate of drug-likeness (QED) is 0.818. The van der Waals surface area contributed by atoms with Gasteiger partial charge in [-0.1, -0.05) is 17.7 Å². The number of rotatable bonds is 4. The van der Waals surface area contributed by atoms with Gasteiger partial charge in [-0.25, -0.2) is 4.98 Å². The highest BCUT2D eigenvalue weighted by Gasteiger charge is 2.39. The van der Waals surface area contributed by atoms with Gasteiger partial charge in [0.05, 0.1) is 0 Å². The molecule has 2 rings (SSSR count). The van der Waals surface area contributed by atoms with Crippen molar-refractivity contribution < 1.29 is 9.90 Å². The van der Waals surface area contributed by atoms with Gasteiger partial charge in [0.25, 0.3) is 5.91 Å². The van der Waals surface area contributed by atoms with Crippen LogP contribution in [0.15, 0.2) is 18.3 Å². The van der Waals surface area contributed by atoms with Gasteiger partial charge >= 0.3 is 0 Å². The van der Waals surface area contributed by atoms with Crippen molar-refractivity contribution in [3.05, 3.63) is 29.0 Å². The first-order chi connectivity index (χ1) is 8.60. The number of halogens is 1. The van der Waals surface area contributed by atoms with Gasteiger partial charge in [-0.2, -0.15) is 11.8 Å². The summed E-state index contributed by atoms with van der Waals surface area (Å²) in [5, 5.41) is 13.3. The van der Waals surface area contributed by atoms with E-state index in [1.807, 2.05) is 6.07 Å². The molecule has 1 atom stereocenters. The molecule has 1 aromatic rings. The summed E-state index contributed by atoms with van der Waals surface area (Å²) in [4.78, 5) is 15.8. The summed E-state index contributed by atoms with van der Waals surface area (Å²) in [6, 6.07) is 3.60. The van der Waals surface area contributed by atoms with Crippen molar-refractivity contribution in [1.29, 1.82) is 0 Å². The Morgan fingerprint density at radius 2 is 2.44 bits per heavy atom. The molecular formula is C12H15ClN2O2S. The number of hydrogen-bond donors (Lipinski definition) is 2. The van der Waals surface area contributed by atoms with Gasteiger partial charge in [0, 0.05) is 18.5 Å². The minimum Gasteiger partial charge on any atom is -0.379 e. The van der Waals surface area contributed by atoms with E-state index in [4.69, 9.17) is 11.6 Å². The Bertz CT molecular complexity index is 419. The number of aromatic nitrogens is 1. The minimum atomic E-state index is -1.18. The fourth-order valence-electron chi connectivity index (χ4n) is 1.77. The Morgan fingerprint density at radius 3 is 3.06 bits per heavy atom. The molecule has 1 saturated heterocycles. The van der Waals surface area contributed by atoms with Crippen molar-refractivity contribution >= 4 is 29.3 Å². The van der Waals surface area contributed by atoms with E-state index in [0.29, 0.717) is 30.3 Å². The predicted molar refractivity (Wildman–Crippen MR) is 72.9 cm³/mol. The summed E-state index contributed by atoms with van der Waals surface area (Å²) >= 11 is 7.29. The van der Waals surface area contributed by atoms with Crippen LogP contribution >= 0.6 is 23.4 Å². The number of nitrogens with zero attached hydrogens (tertiary/aromatic N) is 1. The number of thioether (sulfide) groups is 1. The average molecular weight is 287 g/mol. The van der Waals surface area contributed by atoms with Crippen molar-refractivity contribution in [3.63, 3.8) is 0 Å². The zero-order valence-corrected chi connectivity index (χ0v) is 11.4. The highest BCUT2D eigenvalue weighted by Crippen LogP contribution is 2.27. The molecule has 1 fully saturated rings. The van der Waals surface area contributed by atoms with Gasteiger partial charge in [-0.15, -0.1) is 0 Å². The fraction of sp³-hybridized carbons (Fsp3) is 0.500. The molecule has 0 saturated carbocycles. The highest BCUT2D eigenvalue weighted by molar-refractivity contribution is 7.99. The molecule has 98 valence electrons. The molecule has 1 aliphatic rings. The summed E-state index contributed by atoms with van der Waals surface area (Å²) in [6.45, 7) is 0.495.